The van der Waals surface area contributed by atoms with Crippen molar-refractivity contribution in [3.05, 3.63) is 29.8 Å². The van der Waals surface area contributed by atoms with Crippen LogP contribution in [0.5, 0.6) is 5.75 Å². The van der Waals surface area contributed by atoms with Crippen LogP contribution in [0.1, 0.15) is 19.4 Å². The van der Waals surface area contributed by atoms with Crippen molar-refractivity contribution in [3.63, 3.8) is 0 Å². The van der Waals surface area contributed by atoms with E-state index in [1.54, 1.807) is 7.11 Å². The molecule has 0 radical (unpaired) electrons. The van der Waals surface area contributed by atoms with Crippen LogP contribution < -0.4 is 15.8 Å². The van der Waals surface area contributed by atoms with Crippen molar-refractivity contribution in [1.29, 1.82) is 0 Å². The van der Waals surface area contributed by atoms with Gasteiger partial charge in [-0.25, -0.2) is 0 Å². The number of hydrogen-bond acceptors (Lipinski definition) is 4. The van der Waals surface area contributed by atoms with Gasteiger partial charge in [0.1, 0.15) is 5.75 Å². The third kappa shape index (κ3) is 6.54. The van der Waals surface area contributed by atoms with E-state index in [-0.39, 0.29) is 24.6 Å². The number of amides is 1. The Balaban J connectivity index is 2.36. The van der Waals surface area contributed by atoms with E-state index in [0.29, 0.717) is 12.4 Å². The van der Waals surface area contributed by atoms with E-state index in [4.69, 9.17) is 15.2 Å². The summed E-state index contributed by atoms with van der Waals surface area (Å²) in [6, 6.07) is 7.74. The largest absolute Gasteiger partial charge is 0.484 e. The Labute approximate surface area is 120 Å². The van der Waals surface area contributed by atoms with Gasteiger partial charge < -0.3 is 20.5 Å². The Morgan fingerprint density at radius 1 is 1.30 bits per heavy atom. The van der Waals surface area contributed by atoms with Crippen molar-refractivity contribution >= 4 is 5.91 Å². The van der Waals surface area contributed by atoms with Gasteiger partial charge in [-0.05, 0) is 38.0 Å². The molecule has 1 aromatic rings. The summed E-state index contributed by atoms with van der Waals surface area (Å²) in [4.78, 5) is 11.6. The van der Waals surface area contributed by atoms with Crippen molar-refractivity contribution in [2.45, 2.75) is 32.4 Å². The summed E-state index contributed by atoms with van der Waals surface area (Å²) < 4.78 is 10.4. The van der Waals surface area contributed by atoms with Crippen molar-refractivity contribution in [2.24, 2.45) is 5.73 Å². The smallest absolute Gasteiger partial charge is 0.258 e. The van der Waals surface area contributed by atoms with E-state index in [9.17, 15) is 4.79 Å². The number of benzene rings is 1. The van der Waals surface area contributed by atoms with Crippen LogP contribution in [0.25, 0.3) is 0 Å². The van der Waals surface area contributed by atoms with Gasteiger partial charge in [-0.15, -0.1) is 0 Å². The Bertz CT molecular complexity index is 404. The molecule has 0 aliphatic carbocycles. The highest BCUT2D eigenvalue weighted by Crippen LogP contribution is 2.13. The molecule has 0 saturated carbocycles. The lowest BCUT2D eigenvalue weighted by molar-refractivity contribution is -0.124. The minimum atomic E-state index is -0.158. The van der Waals surface area contributed by atoms with Gasteiger partial charge in [0.05, 0.1) is 6.61 Å². The summed E-state index contributed by atoms with van der Waals surface area (Å²) in [5, 5.41) is 2.78. The lowest BCUT2D eigenvalue weighted by atomic mass is 10.1. The summed E-state index contributed by atoms with van der Waals surface area (Å²) in [5.74, 6) is 0.516. The number of rotatable bonds is 8. The Kier molecular flexibility index (Phi) is 7.04. The molecule has 0 spiro atoms. The molecule has 0 saturated heterocycles. The second-order valence-corrected chi connectivity index (χ2v) is 5.04. The molecule has 0 heterocycles. The summed E-state index contributed by atoms with van der Waals surface area (Å²) in [5.41, 5.74) is 6.90. The van der Waals surface area contributed by atoms with Gasteiger partial charge in [0.2, 0.25) is 0 Å². The van der Waals surface area contributed by atoms with E-state index >= 15 is 0 Å². The normalized spacial score (nSPS) is 13.6. The van der Waals surface area contributed by atoms with Crippen LogP contribution >= 0.6 is 0 Å². The fourth-order valence-corrected chi connectivity index (χ4v) is 1.85. The quantitative estimate of drug-likeness (QED) is 0.748. The maximum Gasteiger partial charge on any atom is 0.258 e. The first kappa shape index (κ1) is 16.5. The molecule has 5 heteroatoms. The molecule has 1 rings (SSSR count). The first-order valence-electron chi connectivity index (χ1n) is 6.77. The number of carbonyl (C=O) groups is 1. The molecule has 112 valence electrons. The van der Waals surface area contributed by atoms with Gasteiger partial charge >= 0.3 is 0 Å². The van der Waals surface area contributed by atoms with Gasteiger partial charge in [0.15, 0.2) is 6.61 Å². The van der Waals surface area contributed by atoms with Crippen molar-refractivity contribution in [1.82, 2.24) is 5.32 Å². The molecule has 0 fully saturated rings. The van der Waals surface area contributed by atoms with E-state index in [2.05, 4.69) is 5.32 Å². The first-order chi connectivity index (χ1) is 9.51. The predicted molar refractivity (Wildman–Crippen MR) is 78.8 cm³/mol. The average Bonchev–Trinajstić information content (AvgIpc) is 2.37. The molecule has 1 aromatic carbocycles. The number of hydrogen-bond donors (Lipinski definition) is 2. The number of carbonyl (C=O) groups excluding carboxylic acids is 1. The Hall–Kier alpha value is -1.59. The summed E-state index contributed by atoms with van der Waals surface area (Å²) in [6.07, 6.45) is 0.829. The Morgan fingerprint density at radius 3 is 2.50 bits per heavy atom. The molecular formula is C15H24N2O3. The molecule has 3 N–H and O–H groups in total. The molecular weight excluding hydrogens is 256 g/mol. The monoisotopic (exact) mass is 280 g/mol. The second kappa shape index (κ2) is 8.55. The highest BCUT2D eigenvalue weighted by atomic mass is 16.5. The minimum absolute atomic E-state index is 0.000687. The maximum atomic E-state index is 11.6. The van der Waals surface area contributed by atoms with E-state index in [1.807, 2.05) is 38.1 Å². The van der Waals surface area contributed by atoms with Gasteiger partial charge in [0, 0.05) is 19.2 Å². The third-order valence-corrected chi connectivity index (χ3v) is 2.68. The zero-order chi connectivity index (χ0) is 15.0. The predicted octanol–water partition coefficient (Wildman–Crippen LogP) is 1.11. The molecule has 0 bridgehead atoms. The van der Waals surface area contributed by atoms with Crippen molar-refractivity contribution in [2.75, 3.05) is 20.3 Å². The molecule has 0 aliphatic heterocycles. The number of ether oxygens (including phenoxy) is 2. The summed E-state index contributed by atoms with van der Waals surface area (Å²) >= 11 is 0. The number of nitrogens with two attached hydrogens (primary N) is 1. The fourth-order valence-electron chi connectivity index (χ4n) is 1.85. The molecule has 0 aliphatic rings. The van der Waals surface area contributed by atoms with Gasteiger partial charge in [-0.3, -0.25) is 4.79 Å². The topological polar surface area (TPSA) is 73.6 Å². The zero-order valence-electron chi connectivity index (χ0n) is 12.4. The van der Waals surface area contributed by atoms with Crippen LogP contribution in [-0.2, 0) is 16.0 Å². The lowest BCUT2D eigenvalue weighted by Crippen LogP contribution is -2.38. The van der Waals surface area contributed by atoms with Crippen LogP contribution in [-0.4, -0.2) is 38.3 Å². The average molecular weight is 280 g/mol. The number of nitrogens with one attached hydrogen (secondary N) is 1. The SMILES string of the molecule is COCC(C)NC(=O)COc1ccc(CC(C)N)cc1. The van der Waals surface area contributed by atoms with Crippen LogP contribution in [0, 0.1) is 0 Å². The highest BCUT2D eigenvalue weighted by molar-refractivity contribution is 5.77. The van der Waals surface area contributed by atoms with E-state index in [1.165, 1.54) is 0 Å². The molecule has 2 atom stereocenters. The first-order valence-corrected chi connectivity index (χ1v) is 6.77. The van der Waals surface area contributed by atoms with Crippen LogP contribution in [0.4, 0.5) is 0 Å². The summed E-state index contributed by atoms with van der Waals surface area (Å²) in [7, 11) is 1.60. The van der Waals surface area contributed by atoms with Crippen molar-refractivity contribution < 1.29 is 14.3 Å². The van der Waals surface area contributed by atoms with Crippen LogP contribution in [0.2, 0.25) is 0 Å². The van der Waals surface area contributed by atoms with Crippen LogP contribution in [0.15, 0.2) is 24.3 Å². The minimum Gasteiger partial charge on any atom is -0.484 e. The molecule has 20 heavy (non-hydrogen) atoms. The Morgan fingerprint density at radius 2 is 1.95 bits per heavy atom. The van der Waals surface area contributed by atoms with E-state index in [0.717, 1.165) is 12.0 Å². The molecule has 2 unspecified atom stereocenters. The van der Waals surface area contributed by atoms with Gasteiger partial charge in [-0.2, -0.15) is 0 Å². The highest BCUT2D eigenvalue weighted by Gasteiger charge is 2.07. The third-order valence-electron chi connectivity index (χ3n) is 2.68. The number of methoxy groups -OCH3 is 1. The molecule has 0 aromatic heterocycles. The fraction of sp³-hybridized carbons (Fsp3) is 0.533. The molecule has 1 amide bonds. The van der Waals surface area contributed by atoms with Gasteiger partial charge in [0.25, 0.3) is 5.91 Å². The summed E-state index contributed by atoms with van der Waals surface area (Å²) in [6.45, 7) is 4.33. The van der Waals surface area contributed by atoms with Gasteiger partial charge in [-0.1, -0.05) is 12.1 Å². The second-order valence-electron chi connectivity index (χ2n) is 5.04. The lowest BCUT2D eigenvalue weighted by Gasteiger charge is -2.13. The zero-order valence-corrected chi connectivity index (χ0v) is 12.4. The van der Waals surface area contributed by atoms with Crippen molar-refractivity contribution in [3.8, 4) is 5.75 Å². The standard InChI is InChI=1S/C15H24N2O3/c1-11(16)8-13-4-6-14(7-5-13)20-10-15(18)17-12(2)9-19-3/h4-7,11-12H,8-10,16H2,1-3H3,(H,17,18). The maximum absolute atomic E-state index is 11.6. The van der Waals surface area contributed by atoms with Crippen LogP contribution in [0.3, 0.4) is 0 Å². The van der Waals surface area contributed by atoms with E-state index < -0.39 is 0 Å². The molecule has 5 nitrogen and oxygen atoms in total.